The fourth-order valence-corrected chi connectivity index (χ4v) is 5.39. The van der Waals surface area contributed by atoms with Crippen molar-refractivity contribution in [3.8, 4) is 16.9 Å². The number of hydrogen-bond donors (Lipinski definition) is 0. The highest BCUT2D eigenvalue weighted by Gasteiger charge is 2.30. The van der Waals surface area contributed by atoms with E-state index in [2.05, 4.69) is 23.7 Å². The Morgan fingerprint density at radius 2 is 1.63 bits per heavy atom. The van der Waals surface area contributed by atoms with Gasteiger partial charge in [0.05, 0.1) is 24.4 Å². The van der Waals surface area contributed by atoms with Crippen LogP contribution >= 0.6 is 0 Å². The zero-order chi connectivity index (χ0) is 30.2. The number of hydrogen-bond acceptors (Lipinski definition) is 5. The molecule has 0 saturated carbocycles. The molecule has 1 aliphatic heterocycles. The first-order valence-electron chi connectivity index (χ1n) is 14.8. The van der Waals surface area contributed by atoms with Crippen LogP contribution in [0.25, 0.3) is 11.1 Å². The van der Waals surface area contributed by atoms with Crippen molar-refractivity contribution in [3.63, 3.8) is 0 Å². The molecular formula is C36H38F2N2O3. The number of piperidine rings is 1. The summed E-state index contributed by atoms with van der Waals surface area (Å²) in [4.78, 5) is 19.8. The Balaban J connectivity index is 1.38. The summed E-state index contributed by atoms with van der Waals surface area (Å²) in [5, 5.41) is 0. The highest BCUT2D eigenvalue weighted by Crippen LogP contribution is 2.40. The van der Waals surface area contributed by atoms with Crippen molar-refractivity contribution in [3.05, 3.63) is 113 Å². The molecule has 0 atom stereocenters. The van der Waals surface area contributed by atoms with E-state index < -0.39 is 12.6 Å². The minimum atomic E-state index is -0.769. The number of anilines is 1. The lowest BCUT2D eigenvalue weighted by Gasteiger charge is -2.40. The van der Waals surface area contributed by atoms with Gasteiger partial charge in [0.15, 0.2) is 0 Å². The van der Waals surface area contributed by atoms with Crippen molar-refractivity contribution >= 4 is 11.7 Å². The molecule has 1 fully saturated rings. The monoisotopic (exact) mass is 584 g/mol. The van der Waals surface area contributed by atoms with Crippen molar-refractivity contribution in [2.45, 2.75) is 52.8 Å². The standard InChI is InChI=1S/C36H38F2N2O3/c1-36(2)17-19-40(20-18-36)35-31(22-34(41)43-25-27-6-4-3-5-7-27)33(23-37)39-24-32(35)28-10-14-30(15-11-28)42-21-16-26-8-12-29(38)13-9-26/h3-15,24H,16-23,25H2,1-2H3. The molecule has 0 spiro atoms. The highest BCUT2D eigenvalue weighted by atomic mass is 19.1. The van der Waals surface area contributed by atoms with Crippen molar-refractivity contribution in [2.75, 3.05) is 24.6 Å². The molecule has 0 radical (unpaired) electrons. The van der Waals surface area contributed by atoms with Gasteiger partial charge in [0.1, 0.15) is 24.8 Å². The van der Waals surface area contributed by atoms with Crippen molar-refractivity contribution in [1.29, 1.82) is 0 Å². The van der Waals surface area contributed by atoms with Crippen LogP contribution in [0.3, 0.4) is 0 Å². The highest BCUT2D eigenvalue weighted by molar-refractivity contribution is 5.85. The molecule has 3 aromatic carbocycles. The third kappa shape index (κ3) is 7.98. The minimum absolute atomic E-state index is 0.0628. The van der Waals surface area contributed by atoms with Gasteiger partial charge in [-0.25, -0.2) is 8.78 Å². The van der Waals surface area contributed by atoms with E-state index in [4.69, 9.17) is 9.47 Å². The van der Waals surface area contributed by atoms with Gasteiger partial charge >= 0.3 is 5.97 Å². The number of carbonyl (C=O) groups is 1. The van der Waals surface area contributed by atoms with E-state index in [0.29, 0.717) is 24.3 Å². The quantitative estimate of drug-likeness (QED) is 0.168. The summed E-state index contributed by atoms with van der Waals surface area (Å²) < 4.78 is 39.1. The van der Waals surface area contributed by atoms with Gasteiger partial charge in [-0.3, -0.25) is 9.78 Å². The lowest BCUT2D eigenvalue weighted by atomic mass is 9.82. The number of esters is 1. The Labute approximate surface area is 252 Å². The molecular weight excluding hydrogens is 546 g/mol. The number of pyridine rings is 1. The van der Waals surface area contributed by atoms with Gasteiger partial charge in [-0.05, 0) is 59.2 Å². The van der Waals surface area contributed by atoms with Crippen molar-refractivity contribution in [1.82, 2.24) is 4.98 Å². The topological polar surface area (TPSA) is 51.7 Å². The first kappa shape index (κ1) is 30.2. The SMILES string of the molecule is CC1(C)CCN(c2c(-c3ccc(OCCc4ccc(F)cc4)cc3)cnc(CF)c2CC(=O)OCc2ccccc2)CC1. The van der Waals surface area contributed by atoms with Crippen LogP contribution < -0.4 is 9.64 Å². The largest absolute Gasteiger partial charge is 0.493 e. The Hall–Kier alpha value is -4.26. The number of rotatable bonds is 11. The van der Waals surface area contributed by atoms with Gasteiger partial charge in [-0.1, -0.05) is 68.4 Å². The summed E-state index contributed by atoms with van der Waals surface area (Å²) in [5.74, 6) is 0.0420. The normalized spacial score (nSPS) is 14.4. The third-order valence-electron chi connectivity index (χ3n) is 8.10. The van der Waals surface area contributed by atoms with Crippen LogP contribution in [0.4, 0.5) is 14.5 Å². The molecule has 0 bridgehead atoms. The molecule has 0 aliphatic carbocycles. The summed E-state index contributed by atoms with van der Waals surface area (Å²) in [7, 11) is 0. The maximum atomic E-state index is 14.3. The van der Waals surface area contributed by atoms with Gasteiger partial charge in [0.25, 0.3) is 0 Å². The van der Waals surface area contributed by atoms with Crippen molar-refractivity contribution in [2.24, 2.45) is 5.41 Å². The fourth-order valence-electron chi connectivity index (χ4n) is 5.39. The Kier molecular flexibility index (Phi) is 9.70. The van der Waals surface area contributed by atoms with Gasteiger partial charge < -0.3 is 14.4 Å². The van der Waals surface area contributed by atoms with E-state index in [1.807, 2.05) is 54.6 Å². The lowest BCUT2D eigenvalue weighted by molar-refractivity contribution is -0.144. The zero-order valence-corrected chi connectivity index (χ0v) is 24.8. The smallest absolute Gasteiger partial charge is 0.310 e. The molecule has 43 heavy (non-hydrogen) atoms. The predicted octanol–water partition coefficient (Wildman–Crippen LogP) is 7.89. The lowest BCUT2D eigenvalue weighted by Crippen LogP contribution is -2.38. The number of ether oxygens (including phenoxy) is 2. The maximum Gasteiger partial charge on any atom is 0.310 e. The second kappa shape index (κ2) is 13.8. The second-order valence-electron chi connectivity index (χ2n) is 11.8. The van der Waals surface area contributed by atoms with Gasteiger partial charge in [-0.2, -0.15) is 0 Å². The van der Waals surface area contributed by atoms with Gasteiger partial charge in [0, 0.05) is 36.8 Å². The van der Waals surface area contributed by atoms with Crippen LogP contribution in [-0.2, 0) is 35.7 Å². The van der Waals surface area contributed by atoms with E-state index in [9.17, 15) is 13.6 Å². The van der Waals surface area contributed by atoms with Crippen LogP contribution in [0, 0.1) is 11.2 Å². The Morgan fingerprint density at radius 1 is 0.930 bits per heavy atom. The van der Waals surface area contributed by atoms with Crippen molar-refractivity contribution < 1.29 is 23.0 Å². The number of benzene rings is 3. The molecule has 1 saturated heterocycles. The molecule has 1 aromatic heterocycles. The maximum absolute atomic E-state index is 14.3. The minimum Gasteiger partial charge on any atom is -0.493 e. The van der Waals surface area contributed by atoms with Crippen LogP contribution in [0.2, 0.25) is 0 Å². The summed E-state index contributed by atoms with van der Waals surface area (Å²) in [6, 6.07) is 23.7. The van der Waals surface area contributed by atoms with E-state index in [0.717, 1.165) is 53.9 Å². The predicted molar refractivity (Wildman–Crippen MR) is 165 cm³/mol. The molecule has 7 heteroatoms. The van der Waals surface area contributed by atoms with Crippen LogP contribution in [-0.4, -0.2) is 30.6 Å². The first-order chi connectivity index (χ1) is 20.8. The van der Waals surface area contributed by atoms with E-state index in [1.54, 1.807) is 18.3 Å². The zero-order valence-electron chi connectivity index (χ0n) is 24.8. The molecule has 5 rings (SSSR count). The molecule has 224 valence electrons. The second-order valence-corrected chi connectivity index (χ2v) is 11.8. The number of nitrogens with zero attached hydrogens (tertiary/aromatic N) is 2. The van der Waals surface area contributed by atoms with Crippen LogP contribution in [0.1, 0.15) is 49.1 Å². The summed E-state index contributed by atoms with van der Waals surface area (Å²) in [6.45, 7) is 5.98. The number of halogens is 2. The van der Waals surface area contributed by atoms with E-state index >= 15 is 0 Å². The summed E-state index contributed by atoms with van der Waals surface area (Å²) in [6.07, 6.45) is 4.28. The van der Waals surface area contributed by atoms with Crippen LogP contribution in [0.5, 0.6) is 5.75 Å². The average Bonchev–Trinajstić information content (AvgIpc) is 3.02. The fraction of sp³-hybridized carbons (Fsp3) is 0.333. The molecule has 4 aromatic rings. The molecule has 1 aliphatic rings. The number of aromatic nitrogens is 1. The summed E-state index contributed by atoms with van der Waals surface area (Å²) >= 11 is 0. The molecule has 0 unspecified atom stereocenters. The van der Waals surface area contributed by atoms with Gasteiger partial charge in [-0.15, -0.1) is 0 Å². The first-order valence-corrected chi connectivity index (χ1v) is 14.8. The number of alkyl halides is 1. The van der Waals surface area contributed by atoms with E-state index in [1.165, 1.54) is 12.1 Å². The Bertz CT molecular complexity index is 1500. The summed E-state index contributed by atoms with van der Waals surface area (Å²) in [5.41, 5.74) is 5.56. The molecule has 5 nitrogen and oxygen atoms in total. The molecule has 0 N–H and O–H groups in total. The third-order valence-corrected chi connectivity index (χ3v) is 8.10. The van der Waals surface area contributed by atoms with Crippen LogP contribution in [0.15, 0.2) is 85.1 Å². The van der Waals surface area contributed by atoms with Gasteiger partial charge in [0.2, 0.25) is 0 Å². The molecule has 0 amide bonds. The molecule has 2 heterocycles. The average molecular weight is 585 g/mol. The number of carbonyl (C=O) groups excluding carboxylic acids is 1. The van der Waals surface area contributed by atoms with E-state index in [-0.39, 0.29) is 30.0 Å². The Morgan fingerprint density at radius 3 is 2.30 bits per heavy atom.